The lowest BCUT2D eigenvalue weighted by Crippen LogP contribution is -2.43. The van der Waals surface area contributed by atoms with Gasteiger partial charge in [0.1, 0.15) is 0 Å². The Morgan fingerprint density at radius 1 is 0.955 bits per heavy atom. The third-order valence-corrected chi connectivity index (χ3v) is 8.07. The largest absolute Gasteiger partial charge is 0.447 e. The van der Waals surface area contributed by atoms with Crippen LogP contribution in [-0.2, 0) is 26.6 Å². The minimum absolute atomic E-state index is 0.0211. The molecule has 0 atom stereocenters. The Morgan fingerprint density at radius 2 is 1.61 bits per heavy atom. The summed E-state index contributed by atoms with van der Waals surface area (Å²) in [5.74, 6) is -0.612. The molecule has 2 saturated heterocycles. The Hall–Kier alpha value is -3.39. The van der Waals surface area contributed by atoms with Gasteiger partial charge in [-0.3, -0.25) is 4.79 Å². The number of halogens is 6. The van der Waals surface area contributed by atoms with Gasteiger partial charge in [0, 0.05) is 53.8 Å². The quantitative estimate of drug-likeness (QED) is 0.255. The monoisotopic (exact) mass is 645 g/mol. The zero-order valence-electron chi connectivity index (χ0n) is 24.1. The molecular formula is C30H33F6N3O4S. The lowest BCUT2D eigenvalue weighted by atomic mass is 9.99. The normalized spacial score (nSPS) is 16.9. The van der Waals surface area contributed by atoms with Crippen molar-refractivity contribution >= 4 is 35.5 Å². The zero-order chi connectivity index (χ0) is 32.1. The predicted octanol–water partition coefficient (Wildman–Crippen LogP) is 7.17. The van der Waals surface area contributed by atoms with Gasteiger partial charge < -0.3 is 24.6 Å². The second-order valence-electron chi connectivity index (χ2n) is 10.6. The van der Waals surface area contributed by atoms with Crippen LogP contribution in [0.5, 0.6) is 0 Å². The van der Waals surface area contributed by atoms with Gasteiger partial charge in [-0.05, 0) is 62.6 Å². The molecule has 0 spiro atoms. The van der Waals surface area contributed by atoms with Crippen molar-refractivity contribution in [3.8, 4) is 0 Å². The molecule has 44 heavy (non-hydrogen) atoms. The van der Waals surface area contributed by atoms with E-state index in [0.717, 1.165) is 24.3 Å². The fourth-order valence-electron chi connectivity index (χ4n) is 4.96. The summed E-state index contributed by atoms with van der Waals surface area (Å²) >= 11 is 0.571. The Kier molecular flexibility index (Phi) is 10.8. The van der Waals surface area contributed by atoms with E-state index in [1.54, 1.807) is 36.9 Å². The summed E-state index contributed by atoms with van der Waals surface area (Å²) in [7, 11) is 0. The minimum atomic E-state index is -5.34. The zero-order valence-corrected chi connectivity index (χ0v) is 25.0. The van der Waals surface area contributed by atoms with E-state index in [4.69, 9.17) is 9.47 Å². The number of hydrogen-bond donors (Lipinski definition) is 1. The van der Waals surface area contributed by atoms with Gasteiger partial charge in [-0.1, -0.05) is 23.9 Å². The van der Waals surface area contributed by atoms with Crippen molar-refractivity contribution < 1.29 is 45.4 Å². The molecule has 2 amide bonds. The number of carbonyl (C=O) groups is 2. The Morgan fingerprint density at radius 3 is 2.23 bits per heavy atom. The highest BCUT2D eigenvalue weighted by Crippen LogP contribution is 2.48. The van der Waals surface area contributed by atoms with Crippen molar-refractivity contribution in [1.29, 1.82) is 0 Å². The smallest absolute Gasteiger partial charge is 0.418 e. The van der Waals surface area contributed by atoms with Crippen LogP contribution in [0.4, 0.5) is 36.8 Å². The van der Waals surface area contributed by atoms with Crippen molar-refractivity contribution in [2.45, 2.75) is 61.0 Å². The summed E-state index contributed by atoms with van der Waals surface area (Å²) in [6, 6.07) is 8.33. The number of anilines is 1. The molecule has 2 aromatic carbocycles. The average Bonchev–Trinajstić information content (AvgIpc) is 2.95. The summed E-state index contributed by atoms with van der Waals surface area (Å²) in [6.07, 6.45) is -8.43. The molecule has 0 bridgehead atoms. The first-order valence-electron chi connectivity index (χ1n) is 14.1. The molecule has 2 aliphatic heterocycles. The van der Waals surface area contributed by atoms with Crippen LogP contribution in [0.1, 0.15) is 43.4 Å². The van der Waals surface area contributed by atoms with E-state index in [0.29, 0.717) is 48.3 Å². The first kappa shape index (κ1) is 33.5. The number of amides is 2. The maximum atomic E-state index is 14.3. The van der Waals surface area contributed by atoms with Crippen LogP contribution in [-0.4, -0.2) is 73.3 Å². The summed E-state index contributed by atoms with van der Waals surface area (Å²) < 4.78 is 95.8. The number of carbonyl (C=O) groups excluding carboxylic acids is 2. The van der Waals surface area contributed by atoms with Crippen LogP contribution in [0.2, 0.25) is 0 Å². The SMILES string of the molecule is CC(C)OC(=O)N1CCC(Nc2cccc(Sc3ccc(C=CC(=O)N4CCOCC4)c(C(F)(F)F)c3C(F)(F)F)c2)CC1. The van der Waals surface area contributed by atoms with Crippen molar-refractivity contribution in [3.63, 3.8) is 0 Å². The first-order chi connectivity index (χ1) is 20.7. The maximum absolute atomic E-state index is 14.3. The van der Waals surface area contributed by atoms with Gasteiger partial charge in [0.2, 0.25) is 5.91 Å². The van der Waals surface area contributed by atoms with Crippen LogP contribution in [0, 0.1) is 0 Å². The Bertz CT molecular complexity index is 1350. The highest BCUT2D eigenvalue weighted by molar-refractivity contribution is 7.99. The van der Waals surface area contributed by atoms with Crippen molar-refractivity contribution in [2.24, 2.45) is 0 Å². The lowest BCUT2D eigenvalue weighted by Gasteiger charge is -2.32. The number of rotatable bonds is 7. The summed E-state index contributed by atoms with van der Waals surface area (Å²) in [5, 5.41) is 3.30. The number of likely N-dealkylation sites (tertiary alicyclic amines) is 1. The highest BCUT2D eigenvalue weighted by atomic mass is 32.2. The van der Waals surface area contributed by atoms with E-state index < -0.39 is 39.8 Å². The van der Waals surface area contributed by atoms with Crippen molar-refractivity contribution in [3.05, 3.63) is 59.2 Å². The van der Waals surface area contributed by atoms with E-state index in [-0.39, 0.29) is 44.5 Å². The number of nitrogens with one attached hydrogen (secondary N) is 1. The van der Waals surface area contributed by atoms with Crippen LogP contribution in [0.15, 0.2) is 52.3 Å². The minimum Gasteiger partial charge on any atom is -0.447 e. The number of benzene rings is 2. The fraction of sp³-hybridized carbons (Fsp3) is 0.467. The number of ether oxygens (including phenoxy) is 2. The average molecular weight is 646 g/mol. The van der Waals surface area contributed by atoms with E-state index in [9.17, 15) is 35.9 Å². The van der Waals surface area contributed by atoms with Crippen molar-refractivity contribution in [2.75, 3.05) is 44.7 Å². The standard InChI is InChI=1S/C30H33F6N3O4S/c1-19(2)43-28(41)39-12-10-21(11-13-39)37-22-4-3-5-23(18-22)44-24-8-6-20(7-9-25(40)38-14-16-42-17-15-38)26(29(31,32)33)27(24)30(34,35)36/h3-9,18-19,21,37H,10-17H2,1-2H3. The van der Waals surface area contributed by atoms with Gasteiger partial charge in [0.05, 0.1) is 30.4 Å². The second kappa shape index (κ2) is 14.1. The third-order valence-electron chi connectivity index (χ3n) is 7.02. The molecule has 0 aliphatic carbocycles. The van der Waals surface area contributed by atoms with Crippen LogP contribution in [0.25, 0.3) is 6.08 Å². The number of alkyl halides is 6. The van der Waals surface area contributed by atoms with Gasteiger partial charge in [0.25, 0.3) is 0 Å². The topological polar surface area (TPSA) is 71.1 Å². The summed E-state index contributed by atoms with van der Waals surface area (Å²) in [4.78, 5) is 27.2. The summed E-state index contributed by atoms with van der Waals surface area (Å²) in [5.41, 5.74) is -3.83. The van der Waals surface area contributed by atoms with E-state index in [1.165, 1.54) is 11.0 Å². The fourth-order valence-corrected chi connectivity index (χ4v) is 6.00. The molecule has 0 unspecified atom stereocenters. The van der Waals surface area contributed by atoms with E-state index in [2.05, 4.69) is 5.32 Å². The Balaban J connectivity index is 1.54. The molecule has 2 heterocycles. The molecule has 4 rings (SSSR count). The molecule has 2 aromatic rings. The predicted molar refractivity (Wildman–Crippen MR) is 153 cm³/mol. The molecule has 14 heteroatoms. The second-order valence-corrected chi connectivity index (χ2v) is 11.8. The molecule has 0 aromatic heterocycles. The molecular weight excluding hydrogens is 612 g/mol. The van der Waals surface area contributed by atoms with Gasteiger partial charge in [-0.2, -0.15) is 26.3 Å². The van der Waals surface area contributed by atoms with Crippen LogP contribution in [0.3, 0.4) is 0 Å². The first-order valence-corrected chi connectivity index (χ1v) is 14.9. The number of morpholine rings is 1. The molecule has 0 saturated carbocycles. The number of hydrogen-bond acceptors (Lipinski definition) is 6. The molecule has 2 fully saturated rings. The van der Waals surface area contributed by atoms with Gasteiger partial charge >= 0.3 is 18.4 Å². The van der Waals surface area contributed by atoms with Crippen LogP contribution >= 0.6 is 11.8 Å². The lowest BCUT2D eigenvalue weighted by molar-refractivity contribution is -0.163. The highest BCUT2D eigenvalue weighted by Gasteiger charge is 2.46. The molecule has 2 aliphatic rings. The maximum Gasteiger partial charge on any atom is 0.418 e. The molecule has 0 radical (unpaired) electrons. The number of nitrogens with zero attached hydrogens (tertiary/aromatic N) is 2. The van der Waals surface area contributed by atoms with E-state index >= 15 is 0 Å². The van der Waals surface area contributed by atoms with E-state index in [1.807, 2.05) is 0 Å². The van der Waals surface area contributed by atoms with Gasteiger partial charge in [0.15, 0.2) is 0 Å². The van der Waals surface area contributed by atoms with Gasteiger partial charge in [-0.25, -0.2) is 4.79 Å². The van der Waals surface area contributed by atoms with Gasteiger partial charge in [-0.15, -0.1) is 0 Å². The molecule has 1 N–H and O–H groups in total. The molecule has 7 nitrogen and oxygen atoms in total. The summed E-state index contributed by atoms with van der Waals surface area (Å²) in [6.45, 7) is 5.46. The third kappa shape index (κ3) is 8.84. The van der Waals surface area contributed by atoms with Crippen LogP contribution < -0.4 is 5.32 Å². The number of piperidine rings is 1. The van der Waals surface area contributed by atoms with Crippen molar-refractivity contribution in [1.82, 2.24) is 9.80 Å². The Labute approximate surface area is 255 Å². The molecule has 240 valence electrons.